The fourth-order valence-electron chi connectivity index (χ4n) is 8.89. The van der Waals surface area contributed by atoms with Crippen LogP contribution in [0, 0.1) is 0 Å². The van der Waals surface area contributed by atoms with E-state index in [1.54, 1.807) is 0 Å². The van der Waals surface area contributed by atoms with Crippen molar-refractivity contribution in [3.63, 3.8) is 0 Å². The SMILES string of the molecule is c1ccc(-c2cccc(-n3c4ccccc4c4cc5c6ccccc6n(-c6ccc7ccc(-c8nc(-c9ccccc9)nc(-c9ccccc9)n8)cc7c6)c5cc43)c2)cc1. The maximum Gasteiger partial charge on any atom is 0.164 e. The maximum atomic E-state index is 5.03. The van der Waals surface area contributed by atoms with Crippen molar-refractivity contribution in [2.45, 2.75) is 0 Å². The molecule has 0 spiro atoms. The van der Waals surface area contributed by atoms with E-state index >= 15 is 0 Å². The monoisotopic (exact) mass is 765 g/mol. The highest BCUT2D eigenvalue weighted by molar-refractivity contribution is 6.19. The van der Waals surface area contributed by atoms with Gasteiger partial charge in [0.15, 0.2) is 17.5 Å². The number of fused-ring (bicyclic) bond motifs is 7. The first-order chi connectivity index (χ1) is 29.7. The van der Waals surface area contributed by atoms with Crippen LogP contribution >= 0.6 is 0 Å². The summed E-state index contributed by atoms with van der Waals surface area (Å²) in [5.74, 6) is 1.93. The summed E-state index contributed by atoms with van der Waals surface area (Å²) in [4.78, 5) is 15.0. The summed E-state index contributed by atoms with van der Waals surface area (Å²) < 4.78 is 4.84. The van der Waals surface area contributed by atoms with Crippen molar-refractivity contribution < 1.29 is 0 Å². The van der Waals surface area contributed by atoms with Crippen molar-refractivity contribution in [2.75, 3.05) is 0 Å². The van der Waals surface area contributed by atoms with Gasteiger partial charge in [-0.2, -0.15) is 0 Å². The van der Waals surface area contributed by atoms with Crippen LogP contribution in [0.1, 0.15) is 0 Å². The van der Waals surface area contributed by atoms with Gasteiger partial charge in [0.05, 0.1) is 22.1 Å². The lowest BCUT2D eigenvalue weighted by Gasteiger charge is -2.12. The number of para-hydroxylation sites is 2. The van der Waals surface area contributed by atoms with Crippen LogP contribution < -0.4 is 0 Å². The van der Waals surface area contributed by atoms with Crippen molar-refractivity contribution >= 4 is 54.4 Å². The van der Waals surface area contributed by atoms with Crippen LogP contribution in [-0.2, 0) is 0 Å². The van der Waals surface area contributed by atoms with Crippen LogP contribution in [0.2, 0.25) is 0 Å². The standard InChI is InChI=1S/C55H35N5/c1-4-15-36(16-5-1)40-21-14-22-43(32-40)59-49-25-12-10-23-45(49)47-34-48-46-24-11-13-26-50(46)60(52(48)35-51(47)59)44-30-29-37-27-28-41(31-42(37)33-44)55-57-53(38-17-6-2-7-18-38)56-54(58-55)39-19-8-3-9-20-39/h1-35H. The lowest BCUT2D eigenvalue weighted by molar-refractivity contribution is 1.07. The molecule has 0 fully saturated rings. The summed E-state index contributed by atoms with van der Waals surface area (Å²) in [5, 5.41) is 7.16. The van der Waals surface area contributed by atoms with E-state index in [0.717, 1.165) is 49.9 Å². The highest BCUT2D eigenvalue weighted by Gasteiger charge is 2.19. The molecule has 0 aliphatic heterocycles. The molecule has 60 heavy (non-hydrogen) atoms. The molecule has 280 valence electrons. The molecule has 0 saturated carbocycles. The van der Waals surface area contributed by atoms with Crippen LogP contribution in [0.3, 0.4) is 0 Å². The van der Waals surface area contributed by atoms with Gasteiger partial charge in [-0.1, -0.05) is 158 Å². The molecule has 0 atom stereocenters. The molecule has 0 aliphatic rings. The number of hydrogen-bond donors (Lipinski definition) is 0. The molecular formula is C55H35N5. The van der Waals surface area contributed by atoms with Gasteiger partial charge in [-0.05, 0) is 76.5 Å². The van der Waals surface area contributed by atoms with E-state index in [1.807, 2.05) is 60.7 Å². The first kappa shape index (κ1) is 33.9. The zero-order valence-electron chi connectivity index (χ0n) is 32.4. The van der Waals surface area contributed by atoms with E-state index < -0.39 is 0 Å². The first-order valence-electron chi connectivity index (χ1n) is 20.3. The number of hydrogen-bond acceptors (Lipinski definition) is 3. The Morgan fingerprint density at radius 1 is 0.250 bits per heavy atom. The Kier molecular flexibility index (Phi) is 7.78. The predicted molar refractivity (Wildman–Crippen MR) is 248 cm³/mol. The Balaban J connectivity index is 1.05. The molecule has 0 aliphatic carbocycles. The molecule has 0 saturated heterocycles. The normalized spacial score (nSPS) is 11.7. The minimum Gasteiger partial charge on any atom is -0.309 e. The van der Waals surface area contributed by atoms with Crippen LogP contribution in [0.4, 0.5) is 0 Å². The third kappa shape index (κ3) is 5.59. The molecule has 3 aromatic heterocycles. The summed E-state index contributed by atoms with van der Waals surface area (Å²) in [6, 6.07) is 75.3. The Morgan fingerprint density at radius 3 is 1.33 bits per heavy atom. The van der Waals surface area contributed by atoms with Gasteiger partial charge in [-0.15, -0.1) is 0 Å². The van der Waals surface area contributed by atoms with Crippen molar-refractivity contribution in [3.05, 3.63) is 212 Å². The zero-order chi connectivity index (χ0) is 39.6. The van der Waals surface area contributed by atoms with Gasteiger partial charge < -0.3 is 9.13 Å². The van der Waals surface area contributed by atoms with Crippen molar-refractivity contribution in [2.24, 2.45) is 0 Å². The number of benzene rings is 9. The minimum absolute atomic E-state index is 0.637. The molecule has 12 rings (SSSR count). The molecular weight excluding hydrogens is 731 g/mol. The molecule has 5 nitrogen and oxygen atoms in total. The Bertz CT molecular complexity index is 3530. The van der Waals surface area contributed by atoms with E-state index in [-0.39, 0.29) is 0 Å². The second-order valence-corrected chi connectivity index (χ2v) is 15.3. The second kappa shape index (κ2) is 13.8. The molecule has 3 heterocycles. The Morgan fingerprint density at radius 2 is 0.733 bits per heavy atom. The van der Waals surface area contributed by atoms with Gasteiger partial charge in [0.2, 0.25) is 0 Å². The van der Waals surface area contributed by atoms with Crippen LogP contribution in [0.25, 0.3) is 111 Å². The van der Waals surface area contributed by atoms with Crippen molar-refractivity contribution in [1.82, 2.24) is 24.1 Å². The van der Waals surface area contributed by atoms with Gasteiger partial charge in [-0.25, -0.2) is 15.0 Å². The van der Waals surface area contributed by atoms with E-state index in [4.69, 9.17) is 15.0 Å². The summed E-state index contributed by atoms with van der Waals surface area (Å²) >= 11 is 0. The first-order valence-corrected chi connectivity index (χ1v) is 20.3. The Labute approximate surface area is 346 Å². The lowest BCUT2D eigenvalue weighted by atomic mass is 10.0. The lowest BCUT2D eigenvalue weighted by Crippen LogP contribution is -2.00. The second-order valence-electron chi connectivity index (χ2n) is 15.3. The number of rotatable bonds is 6. The molecule has 0 amide bonds. The average Bonchev–Trinajstić information content (AvgIpc) is 3.83. The highest BCUT2D eigenvalue weighted by Crippen LogP contribution is 2.40. The molecule has 5 heteroatoms. The maximum absolute atomic E-state index is 5.03. The highest BCUT2D eigenvalue weighted by atomic mass is 15.0. The summed E-state index contributed by atoms with van der Waals surface area (Å²) in [5.41, 5.74) is 12.1. The van der Waals surface area contributed by atoms with E-state index in [0.29, 0.717) is 17.5 Å². The fourth-order valence-corrected chi connectivity index (χ4v) is 8.89. The molecule has 0 radical (unpaired) electrons. The van der Waals surface area contributed by atoms with Crippen LogP contribution in [-0.4, -0.2) is 24.1 Å². The van der Waals surface area contributed by atoms with E-state index in [2.05, 4.69) is 161 Å². The number of aromatic nitrogens is 5. The third-order valence-electron chi connectivity index (χ3n) is 11.7. The summed E-state index contributed by atoms with van der Waals surface area (Å²) in [6.07, 6.45) is 0. The molecule has 0 unspecified atom stereocenters. The molecule has 0 bridgehead atoms. The molecule has 12 aromatic rings. The van der Waals surface area contributed by atoms with Gasteiger partial charge in [0.1, 0.15) is 0 Å². The molecule has 9 aromatic carbocycles. The van der Waals surface area contributed by atoms with Gasteiger partial charge in [0.25, 0.3) is 0 Å². The minimum atomic E-state index is 0.637. The Hall–Kier alpha value is -8.15. The van der Waals surface area contributed by atoms with E-state index in [1.165, 1.54) is 43.7 Å². The summed E-state index contributed by atoms with van der Waals surface area (Å²) in [7, 11) is 0. The fraction of sp³-hybridized carbons (Fsp3) is 0. The zero-order valence-corrected chi connectivity index (χ0v) is 32.4. The largest absolute Gasteiger partial charge is 0.309 e. The number of nitrogens with zero attached hydrogens (tertiary/aromatic N) is 5. The van der Waals surface area contributed by atoms with Gasteiger partial charge in [-0.3, -0.25) is 0 Å². The van der Waals surface area contributed by atoms with Crippen LogP contribution in [0.15, 0.2) is 212 Å². The van der Waals surface area contributed by atoms with E-state index in [9.17, 15) is 0 Å². The van der Waals surface area contributed by atoms with Crippen molar-refractivity contribution in [1.29, 1.82) is 0 Å². The van der Waals surface area contributed by atoms with Gasteiger partial charge >= 0.3 is 0 Å². The summed E-state index contributed by atoms with van der Waals surface area (Å²) in [6.45, 7) is 0. The molecule has 0 N–H and O–H groups in total. The smallest absolute Gasteiger partial charge is 0.164 e. The quantitative estimate of drug-likeness (QED) is 0.169. The van der Waals surface area contributed by atoms with Crippen molar-refractivity contribution in [3.8, 4) is 56.7 Å². The predicted octanol–water partition coefficient (Wildman–Crippen LogP) is 13.9. The third-order valence-corrected chi connectivity index (χ3v) is 11.7. The van der Waals surface area contributed by atoms with Crippen LogP contribution in [0.5, 0.6) is 0 Å². The topological polar surface area (TPSA) is 48.5 Å². The van der Waals surface area contributed by atoms with Gasteiger partial charge in [0, 0.05) is 49.6 Å². The average molecular weight is 766 g/mol.